The van der Waals surface area contributed by atoms with Crippen molar-refractivity contribution >= 4 is 29.9 Å². The molecule has 422 valence electrons. The van der Waals surface area contributed by atoms with E-state index in [9.17, 15) is 19.2 Å². The molecule has 0 bridgehead atoms. The lowest BCUT2D eigenvalue weighted by molar-refractivity contribution is -0.145. The predicted octanol–water partition coefficient (Wildman–Crippen LogP) is 15.4. The topological polar surface area (TPSA) is 146 Å². The third-order valence-corrected chi connectivity index (χ3v) is 13.9. The van der Waals surface area contributed by atoms with Crippen molar-refractivity contribution in [1.82, 2.24) is 25.8 Å². The van der Waals surface area contributed by atoms with Gasteiger partial charge in [-0.15, -0.1) is 0 Å². The number of amides is 5. The maximum absolute atomic E-state index is 15.0. The molecule has 0 aliphatic carbocycles. The summed E-state index contributed by atoms with van der Waals surface area (Å²) in [7, 11) is 0. The van der Waals surface area contributed by atoms with Gasteiger partial charge in [0, 0.05) is 38.6 Å². The lowest BCUT2D eigenvalue weighted by Crippen LogP contribution is -2.55. The summed E-state index contributed by atoms with van der Waals surface area (Å²) in [5, 5.41) is 8.88. The molecule has 1 fully saturated rings. The molecule has 12 nitrogen and oxygen atoms in total. The molecular weight excluding hydrogens is 903 g/mol. The molecule has 12 heteroatoms. The quantitative estimate of drug-likeness (QED) is 0.0515. The van der Waals surface area contributed by atoms with Crippen molar-refractivity contribution in [3.8, 4) is 0 Å². The van der Waals surface area contributed by atoms with Gasteiger partial charge in [0.15, 0.2) is 0 Å². The predicted molar refractivity (Wildman–Crippen MR) is 299 cm³/mol. The highest BCUT2D eigenvalue weighted by Gasteiger charge is 2.44. The summed E-state index contributed by atoms with van der Waals surface area (Å²) < 4.78 is 11.0. The van der Waals surface area contributed by atoms with Crippen LogP contribution in [0.15, 0.2) is 0 Å². The Kier molecular flexibility index (Phi) is 39.3. The van der Waals surface area contributed by atoms with E-state index < -0.39 is 35.5 Å². The van der Waals surface area contributed by atoms with Gasteiger partial charge in [-0.3, -0.25) is 14.4 Å². The number of hydrogen-bond donors (Lipinski definition) is 3. The van der Waals surface area contributed by atoms with Gasteiger partial charge in [-0.2, -0.15) is 0 Å². The summed E-state index contributed by atoms with van der Waals surface area (Å²) in [6, 6.07) is -2.12. The van der Waals surface area contributed by atoms with Crippen LogP contribution in [-0.2, 0) is 23.9 Å². The van der Waals surface area contributed by atoms with Crippen LogP contribution in [0, 0.1) is 0 Å². The van der Waals surface area contributed by atoms with Gasteiger partial charge in [-0.05, 0) is 86.5 Å². The van der Waals surface area contributed by atoms with E-state index in [1.54, 1.807) is 25.7 Å². The highest BCUT2D eigenvalue weighted by atomic mass is 16.6. The molecule has 0 radical (unpaired) electrons. The number of rotatable bonds is 44. The minimum absolute atomic E-state index is 0.0407. The van der Waals surface area contributed by atoms with Crippen molar-refractivity contribution in [1.29, 1.82) is 0 Å². The first-order chi connectivity index (χ1) is 34.5. The van der Waals surface area contributed by atoms with Crippen LogP contribution in [0.4, 0.5) is 9.59 Å². The number of unbranched alkanes of at least 4 members (excludes halogenated alkanes) is 30. The Morgan fingerprint density at radius 1 is 0.514 bits per heavy atom. The molecule has 0 unspecified atom stereocenters. The van der Waals surface area contributed by atoms with Gasteiger partial charge in [0.25, 0.3) is 0 Å². The van der Waals surface area contributed by atoms with Gasteiger partial charge >= 0.3 is 12.2 Å². The summed E-state index contributed by atoms with van der Waals surface area (Å²) in [6.07, 6.45) is 39.8. The van der Waals surface area contributed by atoms with E-state index in [0.29, 0.717) is 45.3 Å². The summed E-state index contributed by atoms with van der Waals surface area (Å²) in [5.74, 6) is -0.457. The second-order valence-corrected chi connectivity index (χ2v) is 23.5. The fraction of sp³-hybridized carbons (Fsp3) is 0.917. The lowest BCUT2D eigenvalue weighted by Gasteiger charge is -2.33. The second-order valence-electron chi connectivity index (χ2n) is 23.5. The van der Waals surface area contributed by atoms with Crippen molar-refractivity contribution in [2.45, 2.75) is 329 Å². The normalized spacial score (nSPS) is 15.3. The molecule has 0 spiro atoms. The summed E-state index contributed by atoms with van der Waals surface area (Å²) in [5.41, 5.74) is -1.41. The van der Waals surface area contributed by atoms with Crippen LogP contribution in [0.5, 0.6) is 0 Å². The highest BCUT2D eigenvalue weighted by Crippen LogP contribution is 2.25. The smallest absolute Gasteiger partial charge is 0.408 e. The van der Waals surface area contributed by atoms with Gasteiger partial charge in [-0.1, -0.05) is 207 Å². The van der Waals surface area contributed by atoms with Crippen LogP contribution < -0.4 is 16.0 Å². The van der Waals surface area contributed by atoms with Gasteiger partial charge in [0.1, 0.15) is 23.3 Å². The summed E-state index contributed by atoms with van der Waals surface area (Å²) in [4.78, 5) is 72.8. The zero-order chi connectivity index (χ0) is 53.3. The summed E-state index contributed by atoms with van der Waals surface area (Å²) in [6.45, 7) is 19.4. The zero-order valence-corrected chi connectivity index (χ0v) is 48.5. The van der Waals surface area contributed by atoms with E-state index in [0.717, 1.165) is 57.8 Å². The number of nitrogens with zero attached hydrogens (tertiary/aromatic N) is 2. The minimum Gasteiger partial charge on any atom is -0.444 e. The van der Waals surface area contributed by atoms with Crippen LogP contribution in [-0.4, -0.2) is 95.2 Å². The average Bonchev–Trinajstić information content (AvgIpc) is 3.73. The molecule has 0 aromatic carbocycles. The maximum Gasteiger partial charge on any atom is 0.408 e. The van der Waals surface area contributed by atoms with Gasteiger partial charge in [-0.25, -0.2) is 9.59 Å². The molecule has 1 rings (SSSR count). The van der Waals surface area contributed by atoms with E-state index >= 15 is 4.79 Å². The van der Waals surface area contributed by atoms with Crippen LogP contribution in [0.2, 0.25) is 0 Å². The second kappa shape index (κ2) is 42.2. The molecule has 1 saturated heterocycles. The third-order valence-electron chi connectivity index (χ3n) is 13.9. The standard InChI is InChI=1S/C60H115N5O7/c1-10-13-16-19-22-25-28-29-30-33-36-39-45-54(66)62-51-49-53(65(50-51)55(67)52(63-58(70)72-60(7,8)9)44-40-41-46-61-57(69)71-59(4,5)6)56(68)64(47-42-37-34-31-26-23-20-17-14-11-2)48-43-38-35-32-27-24-21-18-15-12-3/h51-53H,10-50H2,1-9H3,(H,61,69)(H,62,66)(H,63,70)/t51-,52+,53-/m0/s1. The molecule has 0 saturated carbocycles. The first-order valence-electron chi connectivity index (χ1n) is 30.4. The molecule has 3 N–H and O–H groups in total. The first-order valence-corrected chi connectivity index (χ1v) is 30.4. The molecule has 0 aromatic rings. The fourth-order valence-electron chi connectivity index (χ4n) is 9.85. The molecule has 1 aliphatic rings. The molecule has 1 aliphatic heterocycles. The maximum atomic E-state index is 15.0. The Bertz CT molecular complexity index is 1370. The number of alkyl carbamates (subject to hydrolysis) is 2. The number of nitrogens with one attached hydrogen (secondary N) is 3. The third kappa shape index (κ3) is 36.8. The average molecular weight is 1020 g/mol. The van der Waals surface area contributed by atoms with Crippen molar-refractivity contribution in [2.75, 3.05) is 26.2 Å². The highest BCUT2D eigenvalue weighted by molar-refractivity contribution is 5.92. The number of hydrogen-bond acceptors (Lipinski definition) is 7. The van der Waals surface area contributed by atoms with Crippen LogP contribution in [0.1, 0.15) is 300 Å². The van der Waals surface area contributed by atoms with Gasteiger partial charge in [0.2, 0.25) is 17.7 Å². The Balaban J connectivity index is 3.21. The zero-order valence-electron chi connectivity index (χ0n) is 48.5. The summed E-state index contributed by atoms with van der Waals surface area (Å²) >= 11 is 0. The largest absolute Gasteiger partial charge is 0.444 e. The van der Waals surface area contributed by atoms with Crippen molar-refractivity contribution in [2.24, 2.45) is 0 Å². The van der Waals surface area contributed by atoms with Gasteiger partial charge < -0.3 is 35.2 Å². The van der Waals surface area contributed by atoms with Gasteiger partial charge in [0.05, 0.1) is 0 Å². The van der Waals surface area contributed by atoms with Crippen molar-refractivity contribution in [3.63, 3.8) is 0 Å². The number of ether oxygens (including phenoxy) is 2. The Hall–Kier alpha value is -3.05. The molecule has 1 heterocycles. The van der Waals surface area contributed by atoms with Crippen LogP contribution >= 0.6 is 0 Å². The fourth-order valence-corrected chi connectivity index (χ4v) is 9.85. The van der Waals surface area contributed by atoms with Crippen LogP contribution in [0.3, 0.4) is 0 Å². The molecule has 3 atom stereocenters. The SMILES string of the molecule is CCCCCCCCCCCCCCC(=O)N[C@H]1C[C@@H](C(=O)N(CCCCCCCCCCCC)CCCCCCCCCCCC)N(C(=O)[C@@H](CCCCNC(=O)OC(C)(C)C)NC(=O)OC(C)(C)C)C1. The monoisotopic (exact) mass is 1020 g/mol. The Morgan fingerprint density at radius 2 is 0.903 bits per heavy atom. The Labute approximate surface area is 442 Å². The molecule has 5 amide bonds. The molecular formula is C60H115N5O7. The minimum atomic E-state index is -0.968. The number of carbonyl (C=O) groups excluding carboxylic acids is 5. The van der Waals surface area contributed by atoms with Crippen molar-refractivity contribution < 1.29 is 33.4 Å². The molecule has 72 heavy (non-hydrogen) atoms. The van der Waals surface area contributed by atoms with Crippen molar-refractivity contribution in [3.05, 3.63) is 0 Å². The van der Waals surface area contributed by atoms with E-state index in [4.69, 9.17) is 9.47 Å². The first kappa shape index (κ1) is 67.0. The molecule has 0 aromatic heterocycles. The number of carbonyl (C=O) groups is 5. The van der Waals surface area contributed by atoms with Crippen LogP contribution in [0.25, 0.3) is 0 Å². The van der Waals surface area contributed by atoms with E-state index in [1.807, 2.05) is 25.7 Å². The number of likely N-dealkylation sites (tertiary alicyclic amines) is 1. The van der Waals surface area contributed by atoms with E-state index in [1.165, 1.54) is 148 Å². The van der Waals surface area contributed by atoms with E-state index in [-0.39, 0.29) is 36.7 Å². The lowest BCUT2D eigenvalue weighted by atomic mass is 10.0. The Morgan fingerprint density at radius 3 is 1.32 bits per heavy atom. The van der Waals surface area contributed by atoms with E-state index in [2.05, 4.69) is 36.7 Å².